The number of carbonyl (C=O) groups is 1. The summed E-state index contributed by atoms with van der Waals surface area (Å²) in [6.07, 6.45) is 3.31. The third kappa shape index (κ3) is 4.35. The molecule has 6 nitrogen and oxygen atoms in total. The number of nitrogens with zero attached hydrogens (tertiary/aromatic N) is 4. The largest absolute Gasteiger partial charge is 0.457 e. The normalized spacial score (nSPS) is 14.9. The number of benzene rings is 2. The summed E-state index contributed by atoms with van der Waals surface area (Å²) in [5, 5.41) is 4.02. The Bertz CT molecular complexity index is 872. The Balaban J connectivity index is 1.32. The van der Waals surface area contributed by atoms with E-state index in [1.54, 1.807) is 18.5 Å². The molecular weight excluding hydrogens is 340 g/mol. The minimum absolute atomic E-state index is 0.0575. The van der Waals surface area contributed by atoms with Gasteiger partial charge in [0.25, 0.3) is 0 Å². The lowest BCUT2D eigenvalue weighted by Gasteiger charge is -2.34. The van der Waals surface area contributed by atoms with E-state index in [9.17, 15) is 4.79 Å². The Hall–Kier alpha value is -3.12. The van der Waals surface area contributed by atoms with Gasteiger partial charge in [0, 0.05) is 45.1 Å². The van der Waals surface area contributed by atoms with Crippen LogP contribution in [-0.2, 0) is 6.54 Å². The molecule has 1 amide bonds. The first kappa shape index (κ1) is 17.3. The molecule has 1 saturated heterocycles. The minimum atomic E-state index is -0.0575. The Kier molecular flexibility index (Phi) is 5.16. The molecule has 0 saturated carbocycles. The van der Waals surface area contributed by atoms with E-state index in [0.29, 0.717) is 13.1 Å². The predicted molar refractivity (Wildman–Crippen MR) is 103 cm³/mol. The lowest BCUT2D eigenvalue weighted by Crippen LogP contribution is -2.49. The highest BCUT2D eigenvalue weighted by Crippen LogP contribution is 2.22. The zero-order valence-electron chi connectivity index (χ0n) is 15.1. The fourth-order valence-corrected chi connectivity index (χ4v) is 3.21. The van der Waals surface area contributed by atoms with Crippen molar-refractivity contribution in [2.24, 2.45) is 0 Å². The average molecular weight is 362 g/mol. The SMILES string of the molecule is O=C(N1CCN(Cc2cccc(Oc3ccccc3)c2)CC1)n1cccn1. The van der Waals surface area contributed by atoms with Gasteiger partial charge in [-0.1, -0.05) is 30.3 Å². The van der Waals surface area contributed by atoms with Crippen molar-refractivity contribution in [3.05, 3.63) is 78.6 Å². The van der Waals surface area contributed by atoms with Crippen LogP contribution < -0.4 is 4.74 Å². The van der Waals surface area contributed by atoms with Crippen LogP contribution in [0.3, 0.4) is 0 Å². The van der Waals surface area contributed by atoms with Gasteiger partial charge in [-0.15, -0.1) is 0 Å². The third-order valence-corrected chi connectivity index (χ3v) is 4.63. The molecule has 1 aromatic heterocycles. The van der Waals surface area contributed by atoms with Crippen molar-refractivity contribution in [3.63, 3.8) is 0 Å². The fourth-order valence-electron chi connectivity index (χ4n) is 3.21. The van der Waals surface area contributed by atoms with Gasteiger partial charge in [-0.3, -0.25) is 4.90 Å². The first-order valence-electron chi connectivity index (χ1n) is 9.11. The third-order valence-electron chi connectivity index (χ3n) is 4.63. The quantitative estimate of drug-likeness (QED) is 0.713. The van der Waals surface area contributed by atoms with Crippen LogP contribution in [0.25, 0.3) is 0 Å². The van der Waals surface area contributed by atoms with Crippen molar-refractivity contribution in [1.82, 2.24) is 19.6 Å². The van der Waals surface area contributed by atoms with Crippen LogP contribution in [0, 0.1) is 0 Å². The summed E-state index contributed by atoms with van der Waals surface area (Å²) in [7, 11) is 0. The van der Waals surface area contributed by atoms with E-state index in [1.807, 2.05) is 47.4 Å². The average Bonchev–Trinajstić information content (AvgIpc) is 3.24. The maximum absolute atomic E-state index is 12.3. The van der Waals surface area contributed by atoms with Crippen LogP contribution in [0.1, 0.15) is 5.56 Å². The van der Waals surface area contributed by atoms with Crippen LogP contribution in [0.2, 0.25) is 0 Å². The Morgan fingerprint density at radius 2 is 1.70 bits per heavy atom. The van der Waals surface area contributed by atoms with Gasteiger partial charge < -0.3 is 9.64 Å². The molecule has 2 heterocycles. The Morgan fingerprint density at radius 1 is 0.926 bits per heavy atom. The van der Waals surface area contributed by atoms with Gasteiger partial charge in [-0.05, 0) is 35.9 Å². The molecule has 1 fully saturated rings. The summed E-state index contributed by atoms with van der Waals surface area (Å²) in [4.78, 5) is 16.5. The summed E-state index contributed by atoms with van der Waals surface area (Å²) in [6, 6.07) is 19.7. The number of amides is 1. The summed E-state index contributed by atoms with van der Waals surface area (Å²) >= 11 is 0. The standard InChI is InChI=1S/C21H22N4O2/c26-21(25-11-5-10-22-25)24-14-12-23(13-15-24)17-18-6-4-9-20(16-18)27-19-7-2-1-3-8-19/h1-11,16H,12-15,17H2. The fraction of sp³-hybridized carbons (Fsp3) is 0.238. The van der Waals surface area contributed by atoms with Crippen LogP contribution in [0.4, 0.5) is 4.79 Å². The number of ether oxygens (including phenoxy) is 1. The van der Waals surface area contributed by atoms with Crippen molar-refractivity contribution in [1.29, 1.82) is 0 Å². The van der Waals surface area contributed by atoms with Crippen molar-refractivity contribution < 1.29 is 9.53 Å². The number of rotatable bonds is 4. The van der Waals surface area contributed by atoms with Crippen molar-refractivity contribution in [2.45, 2.75) is 6.54 Å². The summed E-state index contributed by atoms with van der Waals surface area (Å²) in [6.45, 7) is 3.95. The minimum Gasteiger partial charge on any atom is -0.457 e. The maximum Gasteiger partial charge on any atom is 0.344 e. The zero-order valence-corrected chi connectivity index (χ0v) is 15.1. The molecule has 6 heteroatoms. The number of para-hydroxylation sites is 1. The van der Waals surface area contributed by atoms with Gasteiger partial charge >= 0.3 is 6.03 Å². The molecule has 0 aliphatic carbocycles. The molecule has 27 heavy (non-hydrogen) atoms. The molecule has 4 rings (SSSR count). The molecule has 0 spiro atoms. The van der Waals surface area contributed by atoms with Gasteiger partial charge in [-0.25, -0.2) is 4.79 Å². The van der Waals surface area contributed by atoms with Crippen LogP contribution in [-0.4, -0.2) is 51.8 Å². The molecule has 3 aromatic rings. The molecule has 1 aliphatic rings. The first-order chi connectivity index (χ1) is 13.3. The van der Waals surface area contributed by atoms with E-state index in [4.69, 9.17) is 4.74 Å². The summed E-state index contributed by atoms with van der Waals surface area (Å²) < 4.78 is 7.31. The molecule has 0 radical (unpaired) electrons. The molecule has 0 atom stereocenters. The van der Waals surface area contributed by atoms with Gasteiger partial charge in [-0.2, -0.15) is 9.78 Å². The topological polar surface area (TPSA) is 50.6 Å². The van der Waals surface area contributed by atoms with E-state index in [-0.39, 0.29) is 6.03 Å². The molecular formula is C21H22N4O2. The maximum atomic E-state index is 12.3. The summed E-state index contributed by atoms with van der Waals surface area (Å²) in [5.41, 5.74) is 1.20. The molecule has 138 valence electrons. The Labute approximate surface area is 158 Å². The number of aromatic nitrogens is 2. The summed E-state index contributed by atoms with van der Waals surface area (Å²) in [5.74, 6) is 1.67. The first-order valence-corrected chi connectivity index (χ1v) is 9.11. The number of hydrogen-bond acceptors (Lipinski definition) is 4. The van der Waals surface area contributed by atoms with Crippen LogP contribution in [0.5, 0.6) is 11.5 Å². The second-order valence-corrected chi connectivity index (χ2v) is 6.56. The smallest absolute Gasteiger partial charge is 0.344 e. The van der Waals surface area contributed by atoms with E-state index < -0.39 is 0 Å². The second kappa shape index (κ2) is 8.05. The molecule has 0 bridgehead atoms. The van der Waals surface area contributed by atoms with Gasteiger partial charge in [0.05, 0.1) is 0 Å². The van der Waals surface area contributed by atoms with E-state index in [2.05, 4.69) is 22.1 Å². The highest BCUT2D eigenvalue weighted by molar-refractivity contribution is 5.75. The van der Waals surface area contributed by atoms with Crippen molar-refractivity contribution in [3.8, 4) is 11.5 Å². The lowest BCUT2D eigenvalue weighted by atomic mass is 10.2. The van der Waals surface area contributed by atoms with Crippen LogP contribution in [0.15, 0.2) is 73.1 Å². The van der Waals surface area contributed by atoms with Gasteiger partial charge in [0.2, 0.25) is 0 Å². The van der Waals surface area contributed by atoms with Crippen LogP contribution >= 0.6 is 0 Å². The van der Waals surface area contributed by atoms with Crippen molar-refractivity contribution in [2.75, 3.05) is 26.2 Å². The van der Waals surface area contributed by atoms with E-state index >= 15 is 0 Å². The monoisotopic (exact) mass is 362 g/mol. The van der Waals surface area contributed by atoms with E-state index in [1.165, 1.54) is 10.2 Å². The number of carbonyl (C=O) groups excluding carboxylic acids is 1. The number of piperazine rings is 1. The molecule has 1 aliphatic heterocycles. The van der Waals surface area contributed by atoms with Gasteiger partial charge in [0.15, 0.2) is 0 Å². The highest BCUT2D eigenvalue weighted by atomic mass is 16.5. The lowest BCUT2D eigenvalue weighted by molar-refractivity contribution is 0.134. The van der Waals surface area contributed by atoms with Crippen molar-refractivity contribution >= 4 is 6.03 Å². The number of hydrogen-bond donors (Lipinski definition) is 0. The molecule has 2 aromatic carbocycles. The predicted octanol–water partition coefficient (Wildman–Crippen LogP) is 3.46. The van der Waals surface area contributed by atoms with E-state index in [0.717, 1.165) is 31.1 Å². The molecule has 0 unspecified atom stereocenters. The Morgan fingerprint density at radius 3 is 2.44 bits per heavy atom. The second-order valence-electron chi connectivity index (χ2n) is 6.56. The molecule has 0 N–H and O–H groups in total. The van der Waals surface area contributed by atoms with Gasteiger partial charge in [0.1, 0.15) is 11.5 Å². The zero-order chi connectivity index (χ0) is 18.5. The highest BCUT2D eigenvalue weighted by Gasteiger charge is 2.22.